The minimum atomic E-state index is -0.180. The summed E-state index contributed by atoms with van der Waals surface area (Å²) in [5, 5.41) is 7.49. The minimum Gasteiger partial charge on any atom is -0.387 e. The minimum absolute atomic E-state index is 0.0678. The van der Waals surface area contributed by atoms with Crippen molar-refractivity contribution in [3.05, 3.63) is 22.1 Å². The number of nitrogens with two attached hydrogens (primary N) is 1. The summed E-state index contributed by atoms with van der Waals surface area (Å²) in [6, 6.07) is 0. The van der Waals surface area contributed by atoms with E-state index in [-0.39, 0.29) is 16.6 Å². The molecule has 14 heavy (non-hydrogen) atoms. The maximum atomic E-state index is 11.2. The molecule has 0 spiro atoms. The van der Waals surface area contributed by atoms with Crippen molar-refractivity contribution < 1.29 is 0 Å². The summed E-state index contributed by atoms with van der Waals surface area (Å²) in [4.78, 5) is 17.8. The second-order valence-electron chi connectivity index (χ2n) is 2.92. The molecular weight excluding hydrogens is 200 g/mol. The predicted molar refractivity (Wildman–Crippen MR) is 56.8 cm³/mol. The molecular formula is C8H12N4OS. The lowest BCUT2D eigenvalue weighted by Crippen LogP contribution is -2.22. The van der Waals surface area contributed by atoms with Crippen molar-refractivity contribution >= 4 is 17.6 Å². The Labute approximate surface area is 85.6 Å². The van der Waals surface area contributed by atoms with Gasteiger partial charge in [0.05, 0.1) is 5.25 Å². The summed E-state index contributed by atoms with van der Waals surface area (Å²) in [7, 11) is 0. The van der Waals surface area contributed by atoms with Gasteiger partial charge in [0, 0.05) is 11.8 Å². The van der Waals surface area contributed by atoms with Gasteiger partial charge in [0.2, 0.25) is 0 Å². The van der Waals surface area contributed by atoms with Gasteiger partial charge in [0.25, 0.3) is 5.56 Å². The monoisotopic (exact) mass is 212 g/mol. The first-order valence-electron chi connectivity index (χ1n) is 4.07. The molecule has 1 unspecified atom stereocenters. The third-order valence-corrected chi connectivity index (χ3v) is 2.72. The van der Waals surface area contributed by atoms with Crippen LogP contribution in [0.3, 0.4) is 0 Å². The fourth-order valence-electron chi connectivity index (χ4n) is 0.733. The fourth-order valence-corrected chi connectivity index (χ4v) is 1.46. The molecule has 5 nitrogen and oxygen atoms in total. The van der Waals surface area contributed by atoms with Gasteiger partial charge in [-0.3, -0.25) is 10.2 Å². The van der Waals surface area contributed by atoms with Gasteiger partial charge in [0.15, 0.2) is 5.16 Å². The van der Waals surface area contributed by atoms with E-state index in [0.717, 1.165) is 0 Å². The van der Waals surface area contributed by atoms with Crippen LogP contribution in [-0.4, -0.2) is 21.1 Å². The Balaban J connectivity index is 2.83. The number of H-pyrrole nitrogens is 1. The number of thioether (sulfide) groups is 1. The van der Waals surface area contributed by atoms with Gasteiger partial charge in [-0.05, 0) is 13.8 Å². The summed E-state index contributed by atoms with van der Waals surface area (Å²) in [5.74, 6) is 0.0678. The summed E-state index contributed by atoms with van der Waals surface area (Å²) in [6.45, 7) is 3.47. The molecule has 1 atom stereocenters. The first kappa shape index (κ1) is 10.8. The van der Waals surface area contributed by atoms with E-state index >= 15 is 0 Å². The average molecular weight is 212 g/mol. The van der Waals surface area contributed by atoms with Gasteiger partial charge in [-0.15, -0.1) is 0 Å². The van der Waals surface area contributed by atoms with Crippen molar-refractivity contribution in [3.63, 3.8) is 0 Å². The standard InChI is InChI=1S/C8H12N4OS/c1-4-3-11-8(12-7(4)13)14-5(2)6(9)10/h3,5H,1-2H3,(H3,9,10)(H,11,12,13). The summed E-state index contributed by atoms with van der Waals surface area (Å²) in [5.41, 5.74) is 5.71. The highest BCUT2D eigenvalue weighted by Gasteiger charge is 2.09. The molecule has 0 saturated heterocycles. The molecule has 0 fully saturated rings. The quantitative estimate of drug-likeness (QED) is 0.294. The molecule has 76 valence electrons. The Morgan fingerprint density at radius 1 is 1.79 bits per heavy atom. The van der Waals surface area contributed by atoms with Crippen LogP contribution in [-0.2, 0) is 0 Å². The van der Waals surface area contributed by atoms with Crippen LogP contribution >= 0.6 is 11.8 Å². The maximum Gasteiger partial charge on any atom is 0.254 e. The van der Waals surface area contributed by atoms with Crippen LogP contribution in [0.25, 0.3) is 0 Å². The SMILES string of the molecule is Cc1cnc(SC(C)C(=N)N)[nH]c1=O. The van der Waals surface area contributed by atoms with Gasteiger partial charge in [0.1, 0.15) is 5.84 Å². The highest BCUT2D eigenvalue weighted by atomic mass is 32.2. The second kappa shape index (κ2) is 4.28. The van der Waals surface area contributed by atoms with Crippen LogP contribution < -0.4 is 11.3 Å². The Hall–Kier alpha value is -1.30. The van der Waals surface area contributed by atoms with Gasteiger partial charge >= 0.3 is 0 Å². The fraction of sp³-hybridized carbons (Fsp3) is 0.375. The molecule has 1 heterocycles. The Bertz CT molecular complexity index is 401. The van der Waals surface area contributed by atoms with Crippen molar-refractivity contribution in [1.82, 2.24) is 9.97 Å². The largest absolute Gasteiger partial charge is 0.387 e. The van der Waals surface area contributed by atoms with Crippen LogP contribution in [0.5, 0.6) is 0 Å². The summed E-state index contributed by atoms with van der Waals surface area (Å²) < 4.78 is 0. The van der Waals surface area contributed by atoms with E-state index in [4.69, 9.17) is 11.1 Å². The predicted octanol–water partition coefficient (Wildman–Crippen LogP) is 0.495. The van der Waals surface area contributed by atoms with Crippen LogP contribution in [0.2, 0.25) is 0 Å². The zero-order valence-electron chi connectivity index (χ0n) is 8.00. The molecule has 0 aliphatic rings. The molecule has 4 N–H and O–H groups in total. The van der Waals surface area contributed by atoms with Crippen molar-refractivity contribution in [1.29, 1.82) is 5.41 Å². The lowest BCUT2D eigenvalue weighted by Gasteiger charge is -2.07. The number of hydrogen-bond donors (Lipinski definition) is 3. The molecule has 0 amide bonds. The van der Waals surface area contributed by atoms with E-state index in [1.165, 1.54) is 18.0 Å². The van der Waals surface area contributed by atoms with Crippen molar-refractivity contribution in [3.8, 4) is 0 Å². The van der Waals surface area contributed by atoms with E-state index in [1.807, 2.05) is 0 Å². The Morgan fingerprint density at radius 3 is 2.93 bits per heavy atom. The first-order valence-corrected chi connectivity index (χ1v) is 4.95. The molecule has 1 aromatic heterocycles. The molecule has 0 saturated carbocycles. The number of aryl methyl sites for hydroxylation is 1. The molecule has 1 aromatic rings. The lowest BCUT2D eigenvalue weighted by molar-refractivity contribution is 0.914. The number of nitrogens with zero attached hydrogens (tertiary/aromatic N) is 1. The van der Waals surface area contributed by atoms with E-state index in [1.54, 1.807) is 13.8 Å². The first-order chi connectivity index (χ1) is 6.50. The second-order valence-corrected chi connectivity index (χ2v) is 4.25. The average Bonchev–Trinajstić information content (AvgIpc) is 2.11. The molecule has 6 heteroatoms. The van der Waals surface area contributed by atoms with Gasteiger partial charge in [-0.25, -0.2) is 4.98 Å². The summed E-state index contributed by atoms with van der Waals surface area (Å²) in [6.07, 6.45) is 1.51. The van der Waals surface area contributed by atoms with Crippen molar-refractivity contribution in [2.24, 2.45) is 5.73 Å². The third kappa shape index (κ3) is 2.59. The molecule has 0 aliphatic heterocycles. The topological polar surface area (TPSA) is 95.6 Å². The van der Waals surface area contributed by atoms with Crippen molar-refractivity contribution in [2.75, 3.05) is 0 Å². The molecule has 0 aliphatic carbocycles. The van der Waals surface area contributed by atoms with Crippen LogP contribution in [0, 0.1) is 12.3 Å². The van der Waals surface area contributed by atoms with Crippen molar-refractivity contribution in [2.45, 2.75) is 24.3 Å². The zero-order chi connectivity index (χ0) is 10.7. The number of rotatable bonds is 3. The number of nitrogens with one attached hydrogen (secondary N) is 2. The van der Waals surface area contributed by atoms with Gasteiger partial charge in [-0.1, -0.05) is 11.8 Å². The van der Waals surface area contributed by atoms with Gasteiger partial charge in [-0.2, -0.15) is 0 Å². The third-order valence-electron chi connectivity index (χ3n) is 1.68. The molecule has 0 aromatic carbocycles. The zero-order valence-corrected chi connectivity index (χ0v) is 8.81. The van der Waals surface area contributed by atoms with E-state index < -0.39 is 0 Å². The number of aromatic amines is 1. The summed E-state index contributed by atoms with van der Waals surface area (Å²) >= 11 is 1.26. The highest BCUT2D eigenvalue weighted by Crippen LogP contribution is 2.16. The molecule has 0 radical (unpaired) electrons. The Morgan fingerprint density at radius 2 is 2.43 bits per heavy atom. The number of aromatic nitrogens is 2. The normalized spacial score (nSPS) is 12.4. The lowest BCUT2D eigenvalue weighted by atomic mass is 10.4. The van der Waals surface area contributed by atoms with Crippen LogP contribution in [0.4, 0.5) is 0 Å². The molecule has 1 rings (SSSR count). The smallest absolute Gasteiger partial charge is 0.254 e. The molecule has 0 bridgehead atoms. The van der Waals surface area contributed by atoms with E-state index in [2.05, 4.69) is 9.97 Å². The van der Waals surface area contributed by atoms with Gasteiger partial charge < -0.3 is 10.7 Å². The highest BCUT2D eigenvalue weighted by molar-refractivity contribution is 8.00. The van der Waals surface area contributed by atoms with Crippen LogP contribution in [0.15, 0.2) is 16.1 Å². The number of hydrogen-bond acceptors (Lipinski definition) is 4. The van der Waals surface area contributed by atoms with E-state index in [0.29, 0.717) is 10.7 Å². The van der Waals surface area contributed by atoms with Crippen LogP contribution in [0.1, 0.15) is 12.5 Å². The maximum absolute atomic E-state index is 11.2. The van der Waals surface area contributed by atoms with E-state index in [9.17, 15) is 4.79 Å². The number of amidine groups is 1. The Kier molecular flexibility index (Phi) is 3.29.